The van der Waals surface area contributed by atoms with E-state index in [4.69, 9.17) is 0 Å². The third-order valence-corrected chi connectivity index (χ3v) is 5.97. The van der Waals surface area contributed by atoms with E-state index >= 15 is 0 Å². The van der Waals surface area contributed by atoms with Gasteiger partial charge in [-0.25, -0.2) is 18.2 Å². The maximum Gasteiger partial charge on any atom is 0.260 e. The number of rotatable bonds is 3. The van der Waals surface area contributed by atoms with Crippen molar-refractivity contribution in [2.24, 2.45) is 0 Å². The van der Waals surface area contributed by atoms with E-state index in [1.165, 1.54) is 16.4 Å². The largest absolute Gasteiger partial charge is 0.327 e. The van der Waals surface area contributed by atoms with Crippen molar-refractivity contribution < 1.29 is 18.0 Å². The first-order valence-corrected chi connectivity index (χ1v) is 9.94. The van der Waals surface area contributed by atoms with Gasteiger partial charge in [0.1, 0.15) is 28.8 Å². The van der Waals surface area contributed by atoms with E-state index in [0.717, 1.165) is 18.7 Å². The van der Waals surface area contributed by atoms with Gasteiger partial charge in [0.25, 0.3) is 5.91 Å². The van der Waals surface area contributed by atoms with Crippen molar-refractivity contribution in [2.75, 3.05) is 6.54 Å². The molecule has 7 nitrogen and oxygen atoms in total. The first kappa shape index (κ1) is 18.2. The van der Waals surface area contributed by atoms with Gasteiger partial charge >= 0.3 is 0 Å². The third kappa shape index (κ3) is 3.00. The van der Waals surface area contributed by atoms with Crippen LogP contribution in [0.25, 0.3) is 10.8 Å². The number of amides is 1. The molecule has 0 spiro atoms. The van der Waals surface area contributed by atoms with Gasteiger partial charge in [-0.15, -0.1) is 10.2 Å². The normalized spacial score (nSPS) is 18.8. The second kappa shape index (κ2) is 6.61. The molecule has 1 fully saturated rings. The fourth-order valence-electron chi connectivity index (χ4n) is 3.54. The van der Waals surface area contributed by atoms with E-state index in [0.29, 0.717) is 41.3 Å². The van der Waals surface area contributed by atoms with Gasteiger partial charge in [-0.05, 0) is 31.3 Å². The Morgan fingerprint density at radius 3 is 2.55 bits per heavy atom. The molecular weight excluding hydrogens is 405 g/mol. The zero-order chi connectivity index (χ0) is 20.3. The summed E-state index contributed by atoms with van der Waals surface area (Å²) >= 11 is 1.26. The number of fused-ring (bicyclic) bond motifs is 1. The molecule has 3 aromatic rings. The highest BCUT2D eigenvalue weighted by atomic mass is 32.1. The Labute approximate surface area is 167 Å². The van der Waals surface area contributed by atoms with Gasteiger partial charge in [0.15, 0.2) is 16.7 Å². The molecule has 150 valence electrons. The zero-order valence-corrected chi connectivity index (χ0v) is 16.1. The molecule has 0 unspecified atom stereocenters. The van der Waals surface area contributed by atoms with Crippen molar-refractivity contribution in [3.05, 3.63) is 46.8 Å². The molecule has 0 radical (unpaired) electrons. The molecule has 1 atom stereocenters. The van der Waals surface area contributed by atoms with E-state index in [-0.39, 0.29) is 6.54 Å². The molecule has 1 aliphatic heterocycles. The van der Waals surface area contributed by atoms with Crippen molar-refractivity contribution >= 4 is 17.4 Å². The predicted octanol–water partition coefficient (Wildman–Crippen LogP) is 3.31. The summed E-state index contributed by atoms with van der Waals surface area (Å²) in [6.45, 7) is 2.25. The number of aromatic nitrogens is 5. The number of carbonyl (C=O) groups is 1. The van der Waals surface area contributed by atoms with Crippen LogP contribution >= 0.6 is 11.5 Å². The summed E-state index contributed by atoms with van der Waals surface area (Å²) < 4.78 is 47.5. The van der Waals surface area contributed by atoms with Crippen molar-refractivity contribution in [2.45, 2.75) is 38.3 Å². The molecule has 1 aliphatic carbocycles. The number of hydrogen-bond acceptors (Lipinski definition) is 6. The van der Waals surface area contributed by atoms with E-state index in [9.17, 15) is 18.0 Å². The van der Waals surface area contributed by atoms with Gasteiger partial charge in [0.05, 0.1) is 6.04 Å². The molecule has 0 bridgehead atoms. The molecule has 5 rings (SSSR count). The first-order valence-electron chi connectivity index (χ1n) is 9.16. The van der Waals surface area contributed by atoms with Crippen LogP contribution in [-0.2, 0) is 6.54 Å². The fourth-order valence-corrected chi connectivity index (χ4v) is 4.28. The topological polar surface area (TPSA) is 76.8 Å². The maximum atomic E-state index is 14.1. The molecule has 1 aromatic carbocycles. The van der Waals surface area contributed by atoms with E-state index in [2.05, 4.69) is 19.6 Å². The number of nitrogens with zero attached hydrogens (tertiary/aromatic N) is 6. The number of hydrogen-bond donors (Lipinski definition) is 0. The lowest BCUT2D eigenvalue weighted by atomic mass is 10.1. The van der Waals surface area contributed by atoms with Gasteiger partial charge in [-0.1, -0.05) is 0 Å². The smallest absolute Gasteiger partial charge is 0.260 e. The Hall–Kier alpha value is -2.82. The van der Waals surface area contributed by atoms with Gasteiger partial charge in [-0.3, -0.25) is 4.79 Å². The summed E-state index contributed by atoms with van der Waals surface area (Å²) in [4.78, 5) is 18.6. The molecule has 29 heavy (non-hydrogen) atoms. The summed E-state index contributed by atoms with van der Waals surface area (Å²) in [5.41, 5.74) is -0.773. The molecule has 11 heteroatoms. The highest BCUT2D eigenvalue weighted by molar-refractivity contribution is 7.09. The van der Waals surface area contributed by atoms with Crippen molar-refractivity contribution in [3.8, 4) is 10.8 Å². The SMILES string of the molecule is C[C@@H]1c2nnc(-c3nc(C4CC4)ns3)n2CCN1C(=O)c1c(F)cc(F)cc1F. The van der Waals surface area contributed by atoms with Crippen LogP contribution in [0, 0.1) is 17.5 Å². The molecule has 1 saturated carbocycles. The molecule has 2 aromatic heterocycles. The van der Waals surface area contributed by atoms with Crippen LogP contribution < -0.4 is 0 Å². The molecule has 1 amide bonds. The monoisotopic (exact) mass is 420 g/mol. The van der Waals surface area contributed by atoms with Gasteiger partial charge in [0.2, 0.25) is 0 Å². The van der Waals surface area contributed by atoms with Crippen molar-refractivity contribution in [1.82, 2.24) is 29.0 Å². The minimum absolute atomic E-state index is 0.197. The lowest BCUT2D eigenvalue weighted by Gasteiger charge is -2.33. The standard InChI is InChI=1S/C18H15F3N6OS/c1-8-15-23-24-16(17-22-14(25-29-17)9-2-3-9)27(15)5-4-26(8)18(28)13-11(20)6-10(19)7-12(13)21/h6-9H,2-5H2,1H3/t8-/m1/s1. The fraction of sp³-hybridized carbons (Fsp3) is 0.389. The maximum absolute atomic E-state index is 14.1. The average Bonchev–Trinajstić information content (AvgIpc) is 3.23. The highest BCUT2D eigenvalue weighted by Gasteiger charge is 2.35. The summed E-state index contributed by atoms with van der Waals surface area (Å²) in [6.07, 6.45) is 2.19. The van der Waals surface area contributed by atoms with Gasteiger partial charge < -0.3 is 9.47 Å². The minimum atomic E-state index is -1.23. The van der Waals surface area contributed by atoms with E-state index in [1.807, 2.05) is 4.57 Å². The number of carbonyl (C=O) groups excluding carboxylic acids is 1. The molecule has 3 heterocycles. The number of halogens is 3. The summed E-state index contributed by atoms with van der Waals surface area (Å²) in [6, 6.07) is 0.425. The van der Waals surface area contributed by atoms with Crippen LogP contribution in [0.2, 0.25) is 0 Å². The van der Waals surface area contributed by atoms with Crippen molar-refractivity contribution in [1.29, 1.82) is 0 Å². The van der Waals surface area contributed by atoms with Crippen LogP contribution in [0.4, 0.5) is 13.2 Å². The van der Waals surface area contributed by atoms with Crippen LogP contribution in [-0.4, -0.2) is 41.5 Å². The van der Waals surface area contributed by atoms with E-state index < -0.39 is 35.0 Å². The van der Waals surface area contributed by atoms with Gasteiger partial charge in [0, 0.05) is 31.1 Å². The lowest BCUT2D eigenvalue weighted by molar-refractivity contribution is 0.0628. The minimum Gasteiger partial charge on any atom is -0.327 e. The Kier molecular flexibility index (Phi) is 4.16. The predicted molar refractivity (Wildman–Crippen MR) is 96.7 cm³/mol. The first-order chi connectivity index (χ1) is 13.9. The second-order valence-corrected chi connectivity index (χ2v) is 7.94. The average molecular weight is 420 g/mol. The quantitative estimate of drug-likeness (QED) is 0.650. The van der Waals surface area contributed by atoms with Crippen LogP contribution in [0.3, 0.4) is 0 Å². The molecule has 0 N–H and O–H groups in total. The van der Waals surface area contributed by atoms with Crippen LogP contribution in [0.5, 0.6) is 0 Å². The summed E-state index contributed by atoms with van der Waals surface area (Å²) in [7, 11) is 0. The summed E-state index contributed by atoms with van der Waals surface area (Å²) in [5.74, 6) is -2.07. The highest BCUT2D eigenvalue weighted by Crippen LogP contribution is 2.40. The van der Waals surface area contributed by atoms with Crippen molar-refractivity contribution in [3.63, 3.8) is 0 Å². The number of benzene rings is 1. The Balaban J connectivity index is 1.45. The second-order valence-electron chi connectivity index (χ2n) is 7.18. The van der Waals surface area contributed by atoms with Crippen LogP contribution in [0.15, 0.2) is 12.1 Å². The van der Waals surface area contributed by atoms with E-state index in [1.54, 1.807) is 6.92 Å². The molecule has 2 aliphatic rings. The molecule has 0 saturated heterocycles. The molecular formula is C18H15F3N6OS. The lowest BCUT2D eigenvalue weighted by Crippen LogP contribution is -2.42. The Morgan fingerprint density at radius 2 is 1.86 bits per heavy atom. The Morgan fingerprint density at radius 1 is 1.14 bits per heavy atom. The Bertz CT molecular complexity index is 1100. The summed E-state index contributed by atoms with van der Waals surface area (Å²) in [5, 5.41) is 9.05. The van der Waals surface area contributed by atoms with Gasteiger partial charge in [-0.2, -0.15) is 4.37 Å². The third-order valence-electron chi connectivity index (χ3n) is 5.24. The van der Waals surface area contributed by atoms with Crippen LogP contribution in [0.1, 0.15) is 53.7 Å². The zero-order valence-electron chi connectivity index (χ0n) is 15.3.